The van der Waals surface area contributed by atoms with E-state index in [0.29, 0.717) is 17.2 Å². The molecule has 0 aliphatic carbocycles. The lowest BCUT2D eigenvalue weighted by molar-refractivity contribution is -0.122. The Morgan fingerprint density at radius 3 is 2.74 bits per heavy atom. The Balaban J connectivity index is 1.79. The van der Waals surface area contributed by atoms with E-state index in [1.165, 1.54) is 37.3 Å². The summed E-state index contributed by atoms with van der Waals surface area (Å²) in [5, 5.41) is 2.42. The number of carbonyl (C=O) groups excluding carboxylic acids is 2. The van der Waals surface area contributed by atoms with Crippen LogP contribution < -0.4 is 19.7 Å². The van der Waals surface area contributed by atoms with Gasteiger partial charge in [0, 0.05) is 19.0 Å². The van der Waals surface area contributed by atoms with Crippen LogP contribution in [-0.2, 0) is 9.59 Å². The van der Waals surface area contributed by atoms with E-state index in [2.05, 4.69) is 5.32 Å². The number of hydrogen-bond donors (Lipinski definition) is 1. The molecule has 0 aromatic heterocycles. The first-order chi connectivity index (χ1) is 12.9. The van der Waals surface area contributed by atoms with Crippen LogP contribution >= 0.6 is 11.6 Å². The minimum atomic E-state index is -0.705. The maximum atomic E-state index is 14.0. The van der Waals surface area contributed by atoms with Gasteiger partial charge in [-0.25, -0.2) is 4.39 Å². The second-order valence-electron chi connectivity index (χ2n) is 6.03. The van der Waals surface area contributed by atoms with E-state index in [1.807, 2.05) is 0 Å². The van der Waals surface area contributed by atoms with Crippen molar-refractivity contribution in [3.05, 3.63) is 47.2 Å². The van der Waals surface area contributed by atoms with Gasteiger partial charge in [0.05, 0.1) is 36.5 Å². The lowest BCUT2D eigenvalue weighted by atomic mass is 10.1. The van der Waals surface area contributed by atoms with E-state index >= 15 is 0 Å². The summed E-state index contributed by atoms with van der Waals surface area (Å²) in [7, 11) is 3.02. The smallest absolute Gasteiger partial charge is 0.229 e. The average molecular weight is 393 g/mol. The van der Waals surface area contributed by atoms with Crippen molar-refractivity contribution in [1.82, 2.24) is 0 Å². The molecule has 1 fully saturated rings. The Morgan fingerprint density at radius 1 is 1.26 bits per heavy atom. The van der Waals surface area contributed by atoms with Crippen LogP contribution in [0.2, 0.25) is 5.02 Å². The first-order valence-electron chi connectivity index (χ1n) is 8.22. The molecule has 8 heteroatoms. The summed E-state index contributed by atoms with van der Waals surface area (Å²) in [6.07, 6.45) is 0.00832. The molecule has 1 saturated heterocycles. The topological polar surface area (TPSA) is 67.9 Å². The van der Waals surface area contributed by atoms with Crippen molar-refractivity contribution in [2.75, 3.05) is 31.0 Å². The molecule has 2 amide bonds. The van der Waals surface area contributed by atoms with E-state index in [9.17, 15) is 14.0 Å². The highest BCUT2D eigenvalue weighted by molar-refractivity contribution is 6.31. The van der Waals surface area contributed by atoms with Gasteiger partial charge in [0.25, 0.3) is 0 Å². The minimum Gasteiger partial charge on any atom is -0.497 e. The molecule has 0 radical (unpaired) electrons. The SMILES string of the molecule is COc1ccc(OC)c(N2CC(C(=O)Nc3cccc(Cl)c3F)CC2=O)c1. The predicted molar refractivity (Wildman–Crippen MR) is 100 cm³/mol. The number of nitrogens with zero attached hydrogens (tertiary/aromatic N) is 1. The number of methoxy groups -OCH3 is 2. The second-order valence-corrected chi connectivity index (χ2v) is 6.44. The number of nitrogens with one attached hydrogen (secondary N) is 1. The van der Waals surface area contributed by atoms with Crippen molar-refractivity contribution in [1.29, 1.82) is 0 Å². The van der Waals surface area contributed by atoms with Crippen molar-refractivity contribution in [3.8, 4) is 11.5 Å². The molecule has 1 unspecified atom stereocenters. The van der Waals surface area contributed by atoms with Gasteiger partial charge in [-0.1, -0.05) is 17.7 Å². The molecule has 142 valence electrons. The summed E-state index contributed by atoms with van der Waals surface area (Å²) in [4.78, 5) is 26.5. The fourth-order valence-corrected chi connectivity index (χ4v) is 3.13. The van der Waals surface area contributed by atoms with Crippen LogP contribution in [0.4, 0.5) is 15.8 Å². The van der Waals surface area contributed by atoms with E-state index in [4.69, 9.17) is 21.1 Å². The van der Waals surface area contributed by atoms with E-state index < -0.39 is 17.6 Å². The largest absolute Gasteiger partial charge is 0.497 e. The van der Waals surface area contributed by atoms with Crippen LogP contribution in [0, 0.1) is 11.7 Å². The zero-order chi connectivity index (χ0) is 19.6. The number of ether oxygens (including phenoxy) is 2. The number of hydrogen-bond acceptors (Lipinski definition) is 4. The highest BCUT2D eigenvalue weighted by atomic mass is 35.5. The number of anilines is 2. The molecule has 1 heterocycles. The normalized spacial score (nSPS) is 16.4. The van der Waals surface area contributed by atoms with Gasteiger partial charge in [-0.15, -0.1) is 0 Å². The fourth-order valence-electron chi connectivity index (χ4n) is 2.96. The van der Waals surface area contributed by atoms with Gasteiger partial charge in [0.2, 0.25) is 11.8 Å². The van der Waals surface area contributed by atoms with Crippen molar-refractivity contribution >= 4 is 34.8 Å². The number of rotatable bonds is 5. The molecule has 2 aromatic rings. The molecule has 1 aliphatic rings. The third-order valence-electron chi connectivity index (χ3n) is 4.38. The Bertz CT molecular complexity index is 890. The molecule has 2 aromatic carbocycles. The van der Waals surface area contributed by atoms with Crippen LogP contribution in [0.1, 0.15) is 6.42 Å². The highest BCUT2D eigenvalue weighted by Gasteiger charge is 2.36. The predicted octanol–water partition coefficient (Wildman–Crippen LogP) is 3.49. The summed E-state index contributed by atoms with van der Waals surface area (Å²) in [5.74, 6) is -0.962. The maximum absolute atomic E-state index is 14.0. The first-order valence-corrected chi connectivity index (χ1v) is 8.59. The maximum Gasteiger partial charge on any atom is 0.229 e. The fraction of sp³-hybridized carbons (Fsp3) is 0.263. The summed E-state index contributed by atoms with van der Waals surface area (Å²) in [6, 6.07) is 9.42. The van der Waals surface area contributed by atoms with Gasteiger partial charge in [-0.05, 0) is 24.3 Å². The molecule has 6 nitrogen and oxygen atoms in total. The lowest BCUT2D eigenvalue weighted by Crippen LogP contribution is -2.28. The third kappa shape index (κ3) is 3.83. The van der Waals surface area contributed by atoms with Gasteiger partial charge in [0.15, 0.2) is 5.82 Å². The van der Waals surface area contributed by atoms with Crippen molar-refractivity contribution in [3.63, 3.8) is 0 Å². The van der Waals surface area contributed by atoms with Crippen LogP contribution in [0.25, 0.3) is 0 Å². The van der Waals surface area contributed by atoms with Gasteiger partial charge >= 0.3 is 0 Å². The van der Waals surface area contributed by atoms with E-state index in [0.717, 1.165) is 0 Å². The molecule has 1 N–H and O–H groups in total. The molecule has 27 heavy (non-hydrogen) atoms. The average Bonchev–Trinajstić information content (AvgIpc) is 3.06. The second kappa shape index (κ2) is 7.84. The van der Waals surface area contributed by atoms with Crippen molar-refractivity contribution in [2.45, 2.75) is 6.42 Å². The number of carbonyl (C=O) groups is 2. The molecule has 3 rings (SSSR count). The van der Waals surface area contributed by atoms with Crippen LogP contribution in [0.15, 0.2) is 36.4 Å². The minimum absolute atomic E-state index is 0.00832. The lowest BCUT2D eigenvalue weighted by Gasteiger charge is -2.20. The number of benzene rings is 2. The standard InChI is InChI=1S/C19H18ClFN2O4/c1-26-12-6-7-16(27-2)15(9-12)23-10-11(8-17(23)24)19(25)22-14-5-3-4-13(20)18(14)21/h3-7,9,11H,8,10H2,1-2H3,(H,22,25). The summed E-state index contributed by atoms with van der Waals surface area (Å²) in [5.41, 5.74) is 0.503. The Labute approximate surface area is 160 Å². The third-order valence-corrected chi connectivity index (χ3v) is 4.67. The molecule has 1 aliphatic heterocycles. The zero-order valence-corrected chi connectivity index (χ0v) is 15.5. The van der Waals surface area contributed by atoms with Gasteiger partial charge in [-0.2, -0.15) is 0 Å². The molecular weight excluding hydrogens is 375 g/mol. The molecule has 0 bridgehead atoms. The van der Waals surface area contributed by atoms with Crippen molar-refractivity contribution in [2.24, 2.45) is 5.92 Å². The number of amides is 2. The van der Waals surface area contributed by atoms with Crippen LogP contribution in [0.5, 0.6) is 11.5 Å². The van der Waals surface area contributed by atoms with Crippen LogP contribution in [-0.4, -0.2) is 32.6 Å². The number of halogens is 2. The van der Waals surface area contributed by atoms with Gasteiger partial charge in [0.1, 0.15) is 11.5 Å². The Kier molecular flexibility index (Phi) is 5.51. The van der Waals surface area contributed by atoms with Gasteiger partial charge in [-0.3, -0.25) is 9.59 Å². The molecular formula is C19H18ClFN2O4. The summed E-state index contributed by atoms with van der Waals surface area (Å²) < 4.78 is 24.5. The van der Waals surface area contributed by atoms with Crippen LogP contribution in [0.3, 0.4) is 0 Å². The highest BCUT2D eigenvalue weighted by Crippen LogP contribution is 2.36. The summed E-state index contributed by atoms with van der Waals surface area (Å²) >= 11 is 5.73. The zero-order valence-electron chi connectivity index (χ0n) is 14.8. The molecule has 1 atom stereocenters. The van der Waals surface area contributed by atoms with Gasteiger partial charge < -0.3 is 19.7 Å². The quantitative estimate of drug-likeness (QED) is 0.845. The Morgan fingerprint density at radius 2 is 2.04 bits per heavy atom. The molecule has 0 saturated carbocycles. The summed E-state index contributed by atoms with van der Waals surface area (Å²) in [6.45, 7) is 0.149. The van der Waals surface area contributed by atoms with E-state index in [1.54, 1.807) is 18.2 Å². The molecule has 0 spiro atoms. The Hall–Kier alpha value is -2.80. The van der Waals surface area contributed by atoms with E-state index in [-0.39, 0.29) is 29.6 Å². The monoisotopic (exact) mass is 392 g/mol. The first kappa shape index (κ1) is 19.0. The van der Waals surface area contributed by atoms with Crippen molar-refractivity contribution < 1.29 is 23.5 Å².